The molecule has 1 saturated carbocycles. The van der Waals surface area contributed by atoms with Crippen molar-refractivity contribution in [1.82, 2.24) is 24.9 Å². The molecule has 1 aromatic carbocycles. The Kier molecular flexibility index (Phi) is 8.25. The quantitative estimate of drug-likeness (QED) is 0.537. The minimum atomic E-state index is -0.283. The first-order valence-electron chi connectivity index (χ1n) is 13.3. The van der Waals surface area contributed by atoms with Crippen LogP contribution in [0.3, 0.4) is 0 Å². The molecular formula is C27H35FN6O3. The Hall–Kier alpha value is -3.11. The third kappa shape index (κ3) is 6.81. The first kappa shape index (κ1) is 25.5. The summed E-state index contributed by atoms with van der Waals surface area (Å²) >= 11 is 0. The van der Waals surface area contributed by atoms with Crippen molar-refractivity contribution >= 4 is 17.6 Å². The number of amides is 2. The number of aromatic nitrogens is 2. The summed E-state index contributed by atoms with van der Waals surface area (Å²) in [4.78, 5) is 34.3. The van der Waals surface area contributed by atoms with E-state index in [1.54, 1.807) is 17.0 Å². The Morgan fingerprint density at radius 2 is 1.73 bits per heavy atom. The number of anilines is 1. The molecule has 3 aliphatic rings. The van der Waals surface area contributed by atoms with Gasteiger partial charge in [-0.05, 0) is 55.7 Å². The fourth-order valence-corrected chi connectivity index (χ4v) is 4.87. The average molecular weight is 511 g/mol. The zero-order valence-corrected chi connectivity index (χ0v) is 21.2. The molecule has 0 radical (unpaired) electrons. The summed E-state index contributed by atoms with van der Waals surface area (Å²) in [7, 11) is 0. The molecule has 0 bridgehead atoms. The second kappa shape index (κ2) is 12.0. The highest BCUT2D eigenvalue weighted by Crippen LogP contribution is 2.31. The smallest absolute Gasteiger partial charge is 0.242 e. The molecule has 5 rings (SSSR count). The lowest BCUT2D eigenvalue weighted by Gasteiger charge is -2.31. The maximum Gasteiger partial charge on any atom is 0.242 e. The average Bonchev–Trinajstić information content (AvgIpc) is 3.79. The van der Waals surface area contributed by atoms with Crippen molar-refractivity contribution in [2.75, 3.05) is 77.0 Å². The molecule has 198 valence electrons. The van der Waals surface area contributed by atoms with Gasteiger partial charge in [0.25, 0.3) is 0 Å². The molecule has 10 heteroatoms. The number of benzene rings is 1. The van der Waals surface area contributed by atoms with E-state index in [1.165, 1.54) is 12.1 Å². The number of hydrogen-bond donors (Lipinski definition) is 0. The SMILES string of the molecule is O=C(CN(CCN1CCOCC1)C(=O)C1CC1)N1CCCN(c2ccc(-c3ccc(F)cc3)nn2)CC1. The lowest BCUT2D eigenvalue weighted by Crippen LogP contribution is -2.48. The van der Waals surface area contributed by atoms with E-state index >= 15 is 0 Å². The van der Waals surface area contributed by atoms with Gasteiger partial charge in [0.1, 0.15) is 5.82 Å². The number of nitrogens with zero attached hydrogens (tertiary/aromatic N) is 6. The van der Waals surface area contributed by atoms with Crippen molar-refractivity contribution in [3.05, 3.63) is 42.2 Å². The van der Waals surface area contributed by atoms with E-state index in [0.29, 0.717) is 31.9 Å². The van der Waals surface area contributed by atoms with Crippen LogP contribution >= 0.6 is 0 Å². The normalized spacial score (nSPS) is 18.9. The van der Waals surface area contributed by atoms with Gasteiger partial charge in [0.05, 0.1) is 25.5 Å². The highest BCUT2D eigenvalue weighted by molar-refractivity contribution is 5.87. The van der Waals surface area contributed by atoms with Crippen molar-refractivity contribution in [1.29, 1.82) is 0 Å². The van der Waals surface area contributed by atoms with Gasteiger partial charge in [-0.2, -0.15) is 0 Å². The summed E-state index contributed by atoms with van der Waals surface area (Å²) in [6.07, 6.45) is 2.68. The van der Waals surface area contributed by atoms with Gasteiger partial charge in [0, 0.05) is 63.8 Å². The van der Waals surface area contributed by atoms with Gasteiger partial charge in [-0.15, -0.1) is 10.2 Å². The van der Waals surface area contributed by atoms with E-state index in [1.807, 2.05) is 17.0 Å². The van der Waals surface area contributed by atoms with E-state index in [4.69, 9.17) is 4.74 Å². The van der Waals surface area contributed by atoms with Crippen molar-refractivity contribution in [3.63, 3.8) is 0 Å². The number of ether oxygens (including phenoxy) is 1. The minimum absolute atomic E-state index is 0.00979. The summed E-state index contributed by atoms with van der Waals surface area (Å²) in [6, 6.07) is 10.0. The van der Waals surface area contributed by atoms with Crippen LogP contribution in [0.5, 0.6) is 0 Å². The van der Waals surface area contributed by atoms with E-state index < -0.39 is 0 Å². The third-order valence-electron chi connectivity index (χ3n) is 7.32. The van der Waals surface area contributed by atoms with Crippen LogP contribution < -0.4 is 4.90 Å². The van der Waals surface area contributed by atoms with E-state index in [2.05, 4.69) is 20.0 Å². The molecule has 2 amide bonds. The number of rotatable bonds is 8. The van der Waals surface area contributed by atoms with Gasteiger partial charge in [-0.1, -0.05) is 0 Å². The monoisotopic (exact) mass is 510 g/mol. The molecule has 0 spiro atoms. The fourth-order valence-electron chi connectivity index (χ4n) is 4.87. The highest BCUT2D eigenvalue weighted by Gasteiger charge is 2.35. The standard InChI is InChI=1S/C27H35FN6O3/c28-23-6-4-21(5-7-23)24-8-9-25(30-29-24)32-10-1-11-33(15-14-32)26(35)20-34(27(36)22-2-3-22)13-12-31-16-18-37-19-17-31/h4-9,22H,1-3,10-20H2. The Morgan fingerprint density at radius 1 is 0.946 bits per heavy atom. The number of hydrogen-bond acceptors (Lipinski definition) is 7. The zero-order valence-electron chi connectivity index (χ0n) is 21.2. The lowest BCUT2D eigenvalue weighted by molar-refractivity contribution is -0.141. The number of carbonyl (C=O) groups excluding carboxylic acids is 2. The van der Waals surface area contributed by atoms with Gasteiger partial charge < -0.3 is 19.4 Å². The molecule has 0 atom stereocenters. The molecule has 1 aliphatic carbocycles. The maximum absolute atomic E-state index is 13.3. The zero-order chi connectivity index (χ0) is 25.6. The van der Waals surface area contributed by atoms with E-state index in [-0.39, 0.29) is 30.1 Å². The van der Waals surface area contributed by atoms with Crippen LogP contribution in [0.15, 0.2) is 36.4 Å². The Morgan fingerprint density at radius 3 is 2.43 bits per heavy atom. The Labute approximate surface area is 217 Å². The number of halogens is 1. The molecule has 3 heterocycles. The molecule has 2 saturated heterocycles. The molecule has 37 heavy (non-hydrogen) atoms. The van der Waals surface area contributed by atoms with Crippen molar-refractivity contribution in [2.45, 2.75) is 19.3 Å². The van der Waals surface area contributed by atoms with E-state index in [9.17, 15) is 14.0 Å². The second-order valence-electron chi connectivity index (χ2n) is 9.99. The Bertz CT molecular complexity index is 1060. The first-order chi connectivity index (χ1) is 18.1. The number of carbonyl (C=O) groups is 2. The van der Waals surface area contributed by atoms with Crippen LogP contribution in [0, 0.1) is 11.7 Å². The molecule has 2 aliphatic heterocycles. The summed E-state index contributed by atoms with van der Waals surface area (Å²) < 4.78 is 18.6. The van der Waals surface area contributed by atoms with Crippen LogP contribution in [0.25, 0.3) is 11.3 Å². The molecule has 0 unspecified atom stereocenters. The highest BCUT2D eigenvalue weighted by atomic mass is 19.1. The predicted molar refractivity (Wildman–Crippen MR) is 137 cm³/mol. The number of morpholine rings is 1. The van der Waals surface area contributed by atoms with Crippen LogP contribution in [-0.4, -0.2) is 109 Å². The summed E-state index contributed by atoms with van der Waals surface area (Å²) in [5.41, 5.74) is 1.50. The van der Waals surface area contributed by atoms with Gasteiger partial charge in [-0.25, -0.2) is 4.39 Å². The van der Waals surface area contributed by atoms with Crippen LogP contribution in [0.4, 0.5) is 10.2 Å². The van der Waals surface area contributed by atoms with Crippen LogP contribution in [0.1, 0.15) is 19.3 Å². The third-order valence-corrected chi connectivity index (χ3v) is 7.32. The van der Waals surface area contributed by atoms with Gasteiger partial charge in [0.15, 0.2) is 5.82 Å². The van der Waals surface area contributed by atoms with Crippen LogP contribution in [0.2, 0.25) is 0 Å². The van der Waals surface area contributed by atoms with Gasteiger partial charge in [-0.3, -0.25) is 14.5 Å². The largest absolute Gasteiger partial charge is 0.379 e. The molecule has 3 fully saturated rings. The molecule has 1 aromatic heterocycles. The Balaban J connectivity index is 1.15. The molecule has 2 aromatic rings. The predicted octanol–water partition coefficient (Wildman–Crippen LogP) is 1.89. The minimum Gasteiger partial charge on any atom is -0.379 e. The molecule has 0 N–H and O–H groups in total. The van der Waals surface area contributed by atoms with Gasteiger partial charge >= 0.3 is 0 Å². The van der Waals surface area contributed by atoms with E-state index in [0.717, 1.165) is 70.0 Å². The summed E-state index contributed by atoms with van der Waals surface area (Å²) in [5, 5.41) is 8.72. The van der Waals surface area contributed by atoms with Crippen molar-refractivity contribution in [3.8, 4) is 11.3 Å². The second-order valence-corrected chi connectivity index (χ2v) is 9.99. The first-order valence-corrected chi connectivity index (χ1v) is 13.3. The summed E-state index contributed by atoms with van der Waals surface area (Å²) in [5.74, 6) is 0.698. The summed E-state index contributed by atoms with van der Waals surface area (Å²) in [6.45, 7) is 7.35. The van der Waals surface area contributed by atoms with Gasteiger partial charge in [0.2, 0.25) is 11.8 Å². The maximum atomic E-state index is 13.3. The molecular weight excluding hydrogens is 475 g/mol. The topological polar surface area (TPSA) is 82.1 Å². The lowest BCUT2D eigenvalue weighted by atomic mass is 10.1. The molecule has 9 nitrogen and oxygen atoms in total. The van der Waals surface area contributed by atoms with Crippen molar-refractivity contribution < 1.29 is 18.7 Å². The fraction of sp³-hybridized carbons (Fsp3) is 0.556. The van der Waals surface area contributed by atoms with Crippen molar-refractivity contribution in [2.24, 2.45) is 5.92 Å². The van der Waals surface area contributed by atoms with Crippen LogP contribution in [-0.2, 0) is 14.3 Å².